The van der Waals surface area contributed by atoms with Gasteiger partial charge in [0.25, 0.3) is 0 Å². The van der Waals surface area contributed by atoms with Crippen LogP contribution in [0.15, 0.2) is 72.9 Å². The van der Waals surface area contributed by atoms with Crippen LogP contribution in [0.1, 0.15) is 29.2 Å². The molecule has 0 bridgehead atoms. The number of phenols is 1. The molecule has 1 N–H and O–H groups in total. The van der Waals surface area contributed by atoms with Gasteiger partial charge in [0.15, 0.2) is 0 Å². The van der Waals surface area contributed by atoms with Crippen LogP contribution in [0.2, 0.25) is 5.02 Å². The van der Waals surface area contributed by atoms with Gasteiger partial charge in [-0.25, -0.2) is 0 Å². The van der Waals surface area contributed by atoms with E-state index in [1.54, 1.807) is 42.4 Å². The number of rotatable bonds is 6. The molecule has 0 saturated heterocycles. The summed E-state index contributed by atoms with van der Waals surface area (Å²) in [5.41, 5.74) is 2.65. The van der Waals surface area contributed by atoms with Gasteiger partial charge < -0.3 is 10.0 Å². The van der Waals surface area contributed by atoms with E-state index in [1.165, 1.54) is 0 Å². The third-order valence-corrected chi connectivity index (χ3v) is 4.69. The van der Waals surface area contributed by atoms with Crippen molar-refractivity contribution in [1.29, 1.82) is 0 Å². The van der Waals surface area contributed by atoms with Gasteiger partial charge in [-0.05, 0) is 47.5 Å². The molecule has 1 heterocycles. The fourth-order valence-electron chi connectivity index (χ4n) is 3.05. The van der Waals surface area contributed by atoms with Crippen LogP contribution in [0.25, 0.3) is 0 Å². The second-order valence-corrected chi connectivity index (χ2v) is 6.91. The van der Waals surface area contributed by atoms with Crippen LogP contribution in [0, 0.1) is 0 Å². The van der Waals surface area contributed by atoms with Crippen LogP contribution in [0.4, 0.5) is 0 Å². The Bertz CT molecular complexity index is 869. The van der Waals surface area contributed by atoms with E-state index in [1.807, 2.05) is 42.5 Å². The molecule has 4 nitrogen and oxygen atoms in total. The quantitative estimate of drug-likeness (QED) is 0.678. The maximum Gasteiger partial charge on any atom is 0.223 e. The zero-order valence-corrected chi connectivity index (χ0v) is 15.8. The lowest BCUT2D eigenvalue weighted by molar-refractivity contribution is -0.130. The SMILES string of the molecule is CN(Cc1ccccn1)C(=O)C[C@H](c1cccc(O)c1)c1cccc(Cl)c1. The number of phenolic OH excluding ortho intramolecular Hbond substituents is 1. The van der Waals surface area contributed by atoms with Crippen LogP contribution in [0.5, 0.6) is 5.75 Å². The number of nitrogens with zero attached hydrogens (tertiary/aromatic N) is 2. The van der Waals surface area contributed by atoms with E-state index in [2.05, 4.69) is 4.98 Å². The van der Waals surface area contributed by atoms with Crippen molar-refractivity contribution in [2.75, 3.05) is 7.05 Å². The molecule has 138 valence electrons. The number of halogens is 1. The van der Waals surface area contributed by atoms with E-state index in [4.69, 9.17) is 11.6 Å². The molecule has 0 aliphatic heterocycles. The summed E-state index contributed by atoms with van der Waals surface area (Å²) in [6, 6.07) is 20.1. The number of amides is 1. The smallest absolute Gasteiger partial charge is 0.223 e. The largest absolute Gasteiger partial charge is 0.508 e. The Morgan fingerprint density at radius 3 is 2.48 bits per heavy atom. The molecule has 0 radical (unpaired) electrons. The third kappa shape index (κ3) is 5.08. The van der Waals surface area contributed by atoms with Crippen molar-refractivity contribution in [3.05, 3.63) is 94.8 Å². The maximum absolute atomic E-state index is 12.9. The zero-order chi connectivity index (χ0) is 19.2. The Morgan fingerprint density at radius 2 is 1.81 bits per heavy atom. The Morgan fingerprint density at radius 1 is 1.07 bits per heavy atom. The van der Waals surface area contributed by atoms with Crippen LogP contribution >= 0.6 is 11.6 Å². The molecule has 0 saturated carbocycles. The summed E-state index contributed by atoms with van der Waals surface area (Å²) >= 11 is 6.16. The average Bonchev–Trinajstić information content (AvgIpc) is 2.66. The summed E-state index contributed by atoms with van der Waals surface area (Å²) in [7, 11) is 1.77. The van der Waals surface area contributed by atoms with Gasteiger partial charge in [-0.2, -0.15) is 0 Å². The summed E-state index contributed by atoms with van der Waals surface area (Å²) < 4.78 is 0. The highest BCUT2D eigenvalue weighted by Crippen LogP contribution is 2.32. The van der Waals surface area contributed by atoms with Crippen LogP contribution in [0.3, 0.4) is 0 Å². The van der Waals surface area contributed by atoms with E-state index in [0.29, 0.717) is 11.6 Å². The molecule has 3 rings (SSSR count). The van der Waals surface area contributed by atoms with Gasteiger partial charge in [0.1, 0.15) is 5.75 Å². The van der Waals surface area contributed by atoms with E-state index in [0.717, 1.165) is 16.8 Å². The average molecular weight is 381 g/mol. The highest BCUT2D eigenvalue weighted by atomic mass is 35.5. The second kappa shape index (κ2) is 8.69. The normalized spacial score (nSPS) is 11.8. The molecule has 3 aromatic rings. The predicted molar refractivity (Wildman–Crippen MR) is 107 cm³/mol. The number of carbonyl (C=O) groups is 1. The van der Waals surface area contributed by atoms with E-state index < -0.39 is 0 Å². The standard InChI is InChI=1S/C22H21ClN2O2/c1-25(15-19-9-2-3-11-24-19)22(27)14-21(16-6-4-8-18(23)12-16)17-7-5-10-20(26)13-17/h2-13,21,26H,14-15H2,1H3/t21-/m0/s1. The molecule has 0 aliphatic rings. The number of aromatic nitrogens is 1. The first-order chi connectivity index (χ1) is 13.0. The highest BCUT2D eigenvalue weighted by Gasteiger charge is 2.21. The summed E-state index contributed by atoms with van der Waals surface area (Å²) in [6.07, 6.45) is 1.99. The van der Waals surface area contributed by atoms with Gasteiger partial charge in [0, 0.05) is 30.6 Å². The zero-order valence-electron chi connectivity index (χ0n) is 15.0. The monoisotopic (exact) mass is 380 g/mol. The predicted octanol–water partition coefficient (Wildman–Crippen LogP) is 4.62. The van der Waals surface area contributed by atoms with Crippen molar-refractivity contribution in [3.63, 3.8) is 0 Å². The Kier molecular flexibility index (Phi) is 6.09. The minimum Gasteiger partial charge on any atom is -0.508 e. The molecule has 2 aromatic carbocycles. The van der Waals surface area contributed by atoms with Crippen LogP contribution < -0.4 is 0 Å². The van der Waals surface area contributed by atoms with Gasteiger partial charge in [-0.3, -0.25) is 9.78 Å². The number of hydrogen-bond acceptors (Lipinski definition) is 3. The van der Waals surface area contributed by atoms with Crippen molar-refractivity contribution in [3.8, 4) is 5.75 Å². The molecule has 1 aromatic heterocycles. The molecule has 0 fully saturated rings. The summed E-state index contributed by atoms with van der Waals surface area (Å²) in [4.78, 5) is 18.8. The summed E-state index contributed by atoms with van der Waals surface area (Å²) in [5.74, 6) is -0.0303. The lowest BCUT2D eigenvalue weighted by Gasteiger charge is -2.22. The van der Waals surface area contributed by atoms with Gasteiger partial charge in [-0.1, -0.05) is 41.9 Å². The minimum absolute atomic E-state index is 0.00558. The van der Waals surface area contributed by atoms with Crippen molar-refractivity contribution < 1.29 is 9.90 Å². The van der Waals surface area contributed by atoms with Crippen molar-refractivity contribution in [2.45, 2.75) is 18.9 Å². The molecule has 0 aliphatic carbocycles. The van der Waals surface area contributed by atoms with Gasteiger partial charge >= 0.3 is 0 Å². The number of pyridine rings is 1. The summed E-state index contributed by atoms with van der Waals surface area (Å²) in [6.45, 7) is 0.446. The van der Waals surface area contributed by atoms with Crippen molar-refractivity contribution >= 4 is 17.5 Å². The van der Waals surface area contributed by atoms with E-state index in [9.17, 15) is 9.90 Å². The highest BCUT2D eigenvalue weighted by molar-refractivity contribution is 6.30. The number of hydrogen-bond donors (Lipinski definition) is 1. The first kappa shape index (κ1) is 18.9. The molecule has 1 amide bonds. The fraction of sp³-hybridized carbons (Fsp3) is 0.182. The van der Waals surface area contributed by atoms with Gasteiger partial charge in [-0.15, -0.1) is 0 Å². The van der Waals surface area contributed by atoms with Gasteiger partial charge in [0.05, 0.1) is 12.2 Å². The Labute approximate surface area is 164 Å². The second-order valence-electron chi connectivity index (χ2n) is 6.48. The molecule has 27 heavy (non-hydrogen) atoms. The molecule has 0 spiro atoms. The Balaban J connectivity index is 1.83. The Hall–Kier alpha value is -2.85. The first-order valence-corrected chi connectivity index (χ1v) is 9.09. The van der Waals surface area contributed by atoms with E-state index >= 15 is 0 Å². The fourth-order valence-corrected chi connectivity index (χ4v) is 3.25. The lowest BCUT2D eigenvalue weighted by atomic mass is 9.88. The maximum atomic E-state index is 12.9. The topological polar surface area (TPSA) is 53.4 Å². The van der Waals surface area contributed by atoms with Crippen molar-refractivity contribution in [1.82, 2.24) is 9.88 Å². The van der Waals surface area contributed by atoms with Gasteiger partial charge in [0.2, 0.25) is 5.91 Å². The minimum atomic E-state index is -0.200. The molecule has 5 heteroatoms. The first-order valence-electron chi connectivity index (χ1n) is 8.71. The molecule has 1 atom stereocenters. The molecule has 0 unspecified atom stereocenters. The molecular formula is C22H21ClN2O2. The third-order valence-electron chi connectivity index (χ3n) is 4.45. The summed E-state index contributed by atoms with van der Waals surface area (Å²) in [5, 5.41) is 10.5. The van der Waals surface area contributed by atoms with E-state index in [-0.39, 0.29) is 24.0 Å². The van der Waals surface area contributed by atoms with Crippen LogP contribution in [-0.4, -0.2) is 27.9 Å². The number of aromatic hydroxyl groups is 1. The number of carbonyl (C=O) groups excluding carboxylic acids is 1. The molecular weight excluding hydrogens is 360 g/mol. The van der Waals surface area contributed by atoms with Crippen molar-refractivity contribution in [2.24, 2.45) is 0 Å². The lowest BCUT2D eigenvalue weighted by Crippen LogP contribution is -2.28. The number of benzene rings is 2. The van der Waals surface area contributed by atoms with Crippen LogP contribution in [-0.2, 0) is 11.3 Å².